The summed E-state index contributed by atoms with van der Waals surface area (Å²) in [4.78, 5) is 21.9. The monoisotopic (exact) mass is 225 g/mol. The highest BCUT2D eigenvalue weighted by molar-refractivity contribution is 6.31. The molecule has 1 aliphatic rings. The van der Waals surface area contributed by atoms with E-state index in [9.17, 15) is 14.7 Å². The van der Waals surface area contributed by atoms with Gasteiger partial charge in [-0.2, -0.15) is 0 Å². The topological polar surface area (TPSA) is 66.4 Å². The molecule has 2 rings (SSSR count). The first-order valence-electron chi connectivity index (χ1n) is 4.28. The molecule has 0 fully saturated rings. The summed E-state index contributed by atoms with van der Waals surface area (Å²) in [6.45, 7) is 0. The zero-order chi connectivity index (χ0) is 11.0. The molecule has 4 nitrogen and oxygen atoms in total. The number of cyclic esters (lactones) is 1. The van der Waals surface area contributed by atoms with Crippen LogP contribution in [-0.2, 0) is 16.0 Å². The van der Waals surface area contributed by atoms with Gasteiger partial charge in [0.1, 0.15) is 6.10 Å². The van der Waals surface area contributed by atoms with Crippen LogP contribution < -0.4 is 5.11 Å². The minimum Gasteiger partial charge on any atom is -0.546 e. The zero-order valence-electron chi connectivity index (χ0n) is 7.53. The Hall–Kier alpha value is -1.55. The average Bonchev–Trinajstić information content (AvgIpc) is 2.18. The summed E-state index contributed by atoms with van der Waals surface area (Å²) >= 11 is 5.70. The van der Waals surface area contributed by atoms with E-state index in [0.717, 1.165) is 0 Å². The van der Waals surface area contributed by atoms with Gasteiger partial charge in [0.05, 0.1) is 11.5 Å². The number of benzene rings is 1. The maximum absolute atomic E-state index is 11.4. The average molecular weight is 226 g/mol. The van der Waals surface area contributed by atoms with Crippen LogP contribution in [0.15, 0.2) is 18.2 Å². The number of halogens is 1. The van der Waals surface area contributed by atoms with Crippen LogP contribution in [-0.4, -0.2) is 18.0 Å². The first-order chi connectivity index (χ1) is 7.08. The highest BCUT2D eigenvalue weighted by atomic mass is 35.5. The van der Waals surface area contributed by atoms with Crippen LogP contribution in [0.5, 0.6) is 0 Å². The lowest BCUT2D eigenvalue weighted by Crippen LogP contribution is -2.42. The van der Waals surface area contributed by atoms with Gasteiger partial charge in [0.15, 0.2) is 0 Å². The van der Waals surface area contributed by atoms with Gasteiger partial charge in [-0.15, -0.1) is 0 Å². The third-order valence-electron chi connectivity index (χ3n) is 2.21. The number of aliphatic carboxylic acids is 1. The lowest BCUT2D eigenvalue weighted by molar-refractivity contribution is -0.314. The number of carbonyl (C=O) groups is 2. The van der Waals surface area contributed by atoms with Crippen LogP contribution >= 0.6 is 11.6 Å². The largest absolute Gasteiger partial charge is 0.546 e. The Labute approximate surface area is 90.4 Å². The van der Waals surface area contributed by atoms with Gasteiger partial charge in [-0.05, 0) is 17.7 Å². The molecule has 1 atom stereocenters. The van der Waals surface area contributed by atoms with E-state index in [1.54, 1.807) is 12.1 Å². The first kappa shape index (κ1) is 9.98. The summed E-state index contributed by atoms with van der Waals surface area (Å²) in [6.07, 6.45) is -1.08. The van der Waals surface area contributed by atoms with Gasteiger partial charge in [0.25, 0.3) is 0 Å². The van der Waals surface area contributed by atoms with E-state index < -0.39 is 18.0 Å². The molecule has 0 N–H and O–H groups in total. The second-order valence-electron chi connectivity index (χ2n) is 3.22. The Morgan fingerprint density at radius 3 is 2.93 bits per heavy atom. The zero-order valence-corrected chi connectivity index (χ0v) is 8.28. The number of ether oxygens (including phenoxy) is 1. The van der Waals surface area contributed by atoms with Crippen molar-refractivity contribution < 1.29 is 19.4 Å². The fourth-order valence-corrected chi connectivity index (χ4v) is 1.65. The predicted octanol–water partition coefficient (Wildman–Crippen LogP) is 0.171. The van der Waals surface area contributed by atoms with Crippen molar-refractivity contribution in [2.45, 2.75) is 12.5 Å². The molecule has 1 heterocycles. The lowest BCUT2D eigenvalue weighted by Gasteiger charge is -2.25. The van der Waals surface area contributed by atoms with E-state index >= 15 is 0 Å². The minimum atomic E-state index is -1.39. The summed E-state index contributed by atoms with van der Waals surface area (Å²) in [5, 5.41) is 11.0. The van der Waals surface area contributed by atoms with Crippen molar-refractivity contribution >= 4 is 23.5 Å². The van der Waals surface area contributed by atoms with E-state index in [4.69, 9.17) is 11.6 Å². The van der Waals surface area contributed by atoms with Gasteiger partial charge >= 0.3 is 5.97 Å². The predicted molar refractivity (Wildman–Crippen MR) is 49.4 cm³/mol. The van der Waals surface area contributed by atoms with Gasteiger partial charge in [0.2, 0.25) is 0 Å². The summed E-state index contributed by atoms with van der Waals surface area (Å²) in [6, 6.07) is 4.68. The van der Waals surface area contributed by atoms with Crippen molar-refractivity contribution in [1.82, 2.24) is 0 Å². The quantitative estimate of drug-likeness (QED) is 0.639. The molecule has 1 aromatic rings. The number of carbonyl (C=O) groups excluding carboxylic acids is 2. The Morgan fingerprint density at radius 1 is 1.53 bits per heavy atom. The lowest BCUT2D eigenvalue weighted by atomic mass is 9.99. The summed E-state index contributed by atoms with van der Waals surface area (Å²) < 4.78 is 4.67. The number of carboxylic acids is 1. The minimum absolute atomic E-state index is 0.126. The molecule has 0 unspecified atom stereocenters. The van der Waals surface area contributed by atoms with Gasteiger partial charge in [-0.1, -0.05) is 17.7 Å². The van der Waals surface area contributed by atoms with E-state index in [2.05, 4.69) is 4.74 Å². The van der Waals surface area contributed by atoms with E-state index in [0.29, 0.717) is 16.1 Å². The Kier molecular flexibility index (Phi) is 2.36. The SMILES string of the molecule is O=C1O[C@@H](C(=O)[O-])Cc2ccc(Cl)cc21. The van der Waals surface area contributed by atoms with Gasteiger partial charge < -0.3 is 14.6 Å². The highest BCUT2D eigenvalue weighted by Gasteiger charge is 2.26. The van der Waals surface area contributed by atoms with Gasteiger partial charge in [0, 0.05) is 11.4 Å². The van der Waals surface area contributed by atoms with Crippen LogP contribution in [0.2, 0.25) is 5.02 Å². The van der Waals surface area contributed by atoms with Crippen LogP contribution in [0.25, 0.3) is 0 Å². The fraction of sp³-hybridized carbons (Fsp3) is 0.200. The maximum Gasteiger partial charge on any atom is 0.339 e. The standard InChI is InChI=1S/C10H7ClO4/c11-6-2-1-5-3-8(9(12)13)15-10(14)7(5)4-6/h1-2,4,8H,3H2,(H,12,13)/p-1/t8-/m1/s1. The highest BCUT2D eigenvalue weighted by Crippen LogP contribution is 2.23. The van der Waals surface area contributed by atoms with Crippen molar-refractivity contribution in [2.24, 2.45) is 0 Å². The molecule has 0 saturated heterocycles. The third-order valence-corrected chi connectivity index (χ3v) is 2.44. The first-order valence-corrected chi connectivity index (χ1v) is 4.66. The van der Waals surface area contributed by atoms with Crippen molar-refractivity contribution in [3.05, 3.63) is 34.3 Å². The van der Waals surface area contributed by atoms with Crippen molar-refractivity contribution in [3.63, 3.8) is 0 Å². The van der Waals surface area contributed by atoms with Crippen LogP contribution in [0.3, 0.4) is 0 Å². The molecule has 1 aromatic carbocycles. The molecule has 0 bridgehead atoms. The van der Waals surface area contributed by atoms with E-state index in [-0.39, 0.29) is 6.42 Å². The Morgan fingerprint density at radius 2 is 2.27 bits per heavy atom. The molecule has 1 aliphatic heterocycles. The molecule has 78 valence electrons. The van der Waals surface area contributed by atoms with E-state index in [1.165, 1.54) is 6.07 Å². The van der Waals surface area contributed by atoms with Crippen LogP contribution in [0, 0.1) is 0 Å². The molecule has 0 aliphatic carbocycles. The number of hydrogen-bond acceptors (Lipinski definition) is 4. The molecular weight excluding hydrogens is 220 g/mol. The second kappa shape index (κ2) is 3.55. The Bertz CT molecular complexity index is 441. The maximum atomic E-state index is 11.4. The number of rotatable bonds is 1. The fourth-order valence-electron chi connectivity index (χ4n) is 1.48. The number of fused-ring (bicyclic) bond motifs is 1. The molecule has 0 saturated carbocycles. The molecule has 0 radical (unpaired) electrons. The van der Waals surface area contributed by atoms with Crippen LogP contribution in [0.4, 0.5) is 0 Å². The van der Waals surface area contributed by atoms with Crippen molar-refractivity contribution in [2.75, 3.05) is 0 Å². The number of esters is 1. The molecule has 0 aromatic heterocycles. The molecule has 5 heteroatoms. The van der Waals surface area contributed by atoms with Crippen molar-refractivity contribution in [1.29, 1.82) is 0 Å². The molecule has 0 spiro atoms. The molecule has 15 heavy (non-hydrogen) atoms. The smallest absolute Gasteiger partial charge is 0.339 e. The molecule has 0 amide bonds. The summed E-state index contributed by atoms with van der Waals surface area (Å²) in [5.74, 6) is -2.06. The van der Waals surface area contributed by atoms with E-state index in [1.807, 2.05) is 0 Å². The molecular formula is C10H6ClO4-. The van der Waals surface area contributed by atoms with Crippen molar-refractivity contribution in [3.8, 4) is 0 Å². The summed E-state index contributed by atoms with van der Waals surface area (Å²) in [5.41, 5.74) is 0.935. The van der Waals surface area contributed by atoms with Crippen LogP contribution in [0.1, 0.15) is 15.9 Å². The number of carboxylic acid groups (broad SMARTS) is 1. The normalized spacial score (nSPS) is 19.3. The summed E-state index contributed by atoms with van der Waals surface area (Å²) in [7, 11) is 0. The van der Waals surface area contributed by atoms with Gasteiger partial charge in [-0.25, -0.2) is 4.79 Å². The van der Waals surface area contributed by atoms with Gasteiger partial charge in [-0.3, -0.25) is 0 Å². The Balaban J connectivity index is 2.41. The third kappa shape index (κ3) is 1.80. The number of hydrogen-bond donors (Lipinski definition) is 0. The second-order valence-corrected chi connectivity index (χ2v) is 3.66.